The molecule has 0 fully saturated rings. The Bertz CT molecular complexity index is 399. The fourth-order valence-electron chi connectivity index (χ4n) is 1.10. The Hall–Kier alpha value is -1.57. The van der Waals surface area contributed by atoms with E-state index in [1.54, 1.807) is 0 Å². The highest BCUT2D eigenvalue weighted by Gasteiger charge is 2.27. The Balaban J connectivity index is 2.43. The number of aromatic nitrogens is 1. The molecule has 1 aromatic heterocycles. The van der Waals surface area contributed by atoms with Gasteiger partial charge in [0.2, 0.25) is 0 Å². The highest BCUT2D eigenvalue weighted by atomic mass is 19.4. The van der Waals surface area contributed by atoms with Crippen LogP contribution in [0.25, 0.3) is 0 Å². The number of carbonyl (C=O) groups is 1. The molecule has 0 saturated heterocycles. The van der Waals surface area contributed by atoms with Crippen molar-refractivity contribution in [1.29, 1.82) is 0 Å². The molecule has 17 heavy (non-hydrogen) atoms. The molecule has 1 heterocycles. The molecule has 1 aromatic rings. The summed E-state index contributed by atoms with van der Waals surface area (Å²) < 4.78 is 44.4. The van der Waals surface area contributed by atoms with Gasteiger partial charge in [-0.05, 0) is 6.92 Å². The summed E-state index contributed by atoms with van der Waals surface area (Å²) in [6, 6.07) is 0. The second-order valence-corrected chi connectivity index (χ2v) is 3.24. The zero-order valence-corrected chi connectivity index (χ0v) is 8.87. The van der Waals surface area contributed by atoms with Gasteiger partial charge >= 0.3 is 12.1 Å². The van der Waals surface area contributed by atoms with Gasteiger partial charge in [-0.15, -0.1) is 0 Å². The average molecular weight is 253 g/mol. The van der Waals surface area contributed by atoms with Gasteiger partial charge in [0.15, 0.2) is 11.6 Å². The van der Waals surface area contributed by atoms with Crippen molar-refractivity contribution >= 4 is 5.97 Å². The van der Waals surface area contributed by atoms with E-state index < -0.39 is 18.8 Å². The Morgan fingerprint density at radius 3 is 2.65 bits per heavy atom. The van der Waals surface area contributed by atoms with E-state index in [4.69, 9.17) is 9.52 Å². The van der Waals surface area contributed by atoms with Crippen LogP contribution in [0, 0.1) is 6.92 Å². The van der Waals surface area contributed by atoms with E-state index in [0.29, 0.717) is 0 Å². The van der Waals surface area contributed by atoms with E-state index in [1.165, 1.54) is 6.92 Å². The van der Waals surface area contributed by atoms with Crippen LogP contribution in [0.5, 0.6) is 0 Å². The summed E-state index contributed by atoms with van der Waals surface area (Å²) in [7, 11) is 0. The van der Waals surface area contributed by atoms with Crippen molar-refractivity contribution in [2.75, 3.05) is 13.2 Å². The smallest absolute Gasteiger partial charge is 0.411 e. The Morgan fingerprint density at radius 1 is 1.53 bits per heavy atom. The van der Waals surface area contributed by atoms with E-state index in [9.17, 15) is 18.0 Å². The number of carboxylic acid groups (broad SMARTS) is 1. The molecule has 0 unspecified atom stereocenters. The molecule has 8 heteroatoms. The summed E-state index contributed by atoms with van der Waals surface area (Å²) in [5.74, 6) is -1.08. The van der Waals surface area contributed by atoms with Crippen molar-refractivity contribution in [2.24, 2.45) is 0 Å². The maximum Gasteiger partial charge on any atom is 0.411 e. The number of hydrogen-bond acceptors (Lipinski definition) is 4. The standard InChI is InChI=1S/C9H10F3NO4/c1-5-7(8(14)15)13-6(17-5)2-3-16-4-9(10,11)12/h2-4H2,1H3,(H,14,15). The van der Waals surface area contributed by atoms with E-state index in [-0.39, 0.29) is 30.4 Å². The van der Waals surface area contributed by atoms with Gasteiger partial charge in [0.25, 0.3) is 0 Å². The third kappa shape index (κ3) is 4.43. The zero-order chi connectivity index (χ0) is 13.1. The number of alkyl halides is 3. The van der Waals surface area contributed by atoms with Gasteiger partial charge in [0.05, 0.1) is 6.61 Å². The second kappa shape index (κ2) is 5.17. The van der Waals surface area contributed by atoms with Crippen LogP contribution in [-0.2, 0) is 11.2 Å². The molecular weight excluding hydrogens is 243 g/mol. The molecule has 1 N–H and O–H groups in total. The topological polar surface area (TPSA) is 72.6 Å². The maximum atomic E-state index is 11.7. The summed E-state index contributed by atoms with van der Waals surface area (Å²) >= 11 is 0. The van der Waals surface area contributed by atoms with Crippen LogP contribution in [0.3, 0.4) is 0 Å². The van der Waals surface area contributed by atoms with E-state index in [1.807, 2.05) is 0 Å². The normalized spacial score (nSPS) is 11.8. The Morgan fingerprint density at radius 2 is 2.18 bits per heavy atom. The van der Waals surface area contributed by atoms with Crippen LogP contribution in [0.2, 0.25) is 0 Å². The number of aromatic carboxylic acids is 1. The highest BCUT2D eigenvalue weighted by Crippen LogP contribution is 2.15. The lowest BCUT2D eigenvalue weighted by Gasteiger charge is -2.05. The molecule has 0 aliphatic carbocycles. The first-order valence-electron chi connectivity index (χ1n) is 4.63. The first-order valence-corrected chi connectivity index (χ1v) is 4.63. The molecule has 5 nitrogen and oxygen atoms in total. The average Bonchev–Trinajstić information content (AvgIpc) is 2.53. The molecule has 0 amide bonds. The number of ether oxygens (including phenoxy) is 1. The molecule has 0 saturated carbocycles. The largest absolute Gasteiger partial charge is 0.476 e. The van der Waals surface area contributed by atoms with Gasteiger partial charge in [0, 0.05) is 6.42 Å². The van der Waals surface area contributed by atoms with Gasteiger partial charge in [0.1, 0.15) is 12.4 Å². The highest BCUT2D eigenvalue weighted by molar-refractivity contribution is 5.86. The van der Waals surface area contributed by atoms with Gasteiger partial charge < -0.3 is 14.3 Å². The molecule has 0 aliphatic heterocycles. The van der Waals surface area contributed by atoms with Crippen LogP contribution in [0.1, 0.15) is 22.1 Å². The number of halogens is 3. The zero-order valence-electron chi connectivity index (χ0n) is 8.87. The Labute approximate surface area is 94.2 Å². The van der Waals surface area contributed by atoms with Crippen molar-refractivity contribution < 1.29 is 32.2 Å². The minimum Gasteiger partial charge on any atom is -0.476 e. The summed E-state index contributed by atoms with van der Waals surface area (Å²) in [6.45, 7) is -0.173. The molecular formula is C9H10F3NO4. The molecule has 0 atom stereocenters. The molecule has 0 bridgehead atoms. The number of aryl methyl sites for hydroxylation is 1. The molecule has 1 rings (SSSR count). The van der Waals surface area contributed by atoms with Crippen molar-refractivity contribution in [3.63, 3.8) is 0 Å². The van der Waals surface area contributed by atoms with Crippen molar-refractivity contribution in [1.82, 2.24) is 4.98 Å². The SMILES string of the molecule is Cc1oc(CCOCC(F)(F)F)nc1C(=O)O. The van der Waals surface area contributed by atoms with Crippen LogP contribution < -0.4 is 0 Å². The van der Waals surface area contributed by atoms with Crippen LogP contribution in [-0.4, -0.2) is 35.4 Å². The number of carboxylic acids is 1. The molecule has 0 aromatic carbocycles. The molecule has 0 radical (unpaired) electrons. The molecule has 0 spiro atoms. The maximum absolute atomic E-state index is 11.7. The van der Waals surface area contributed by atoms with Crippen LogP contribution >= 0.6 is 0 Å². The van der Waals surface area contributed by atoms with E-state index >= 15 is 0 Å². The number of oxazole rings is 1. The van der Waals surface area contributed by atoms with E-state index in [2.05, 4.69) is 9.72 Å². The Kier molecular flexibility index (Phi) is 4.11. The van der Waals surface area contributed by atoms with Gasteiger partial charge in [-0.3, -0.25) is 0 Å². The van der Waals surface area contributed by atoms with Gasteiger partial charge in [-0.2, -0.15) is 13.2 Å². The number of rotatable bonds is 5. The van der Waals surface area contributed by atoms with Crippen LogP contribution in [0.15, 0.2) is 4.42 Å². The summed E-state index contributed by atoms with van der Waals surface area (Å²) in [5.41, 5.74) is -0.240. The number of nitrogens with zero attached hydrogens (tertiary/aromatic N) is 1. The predicted octanol–water partition coefficient (Wildman–Crippen LogP) is 1.80. The summed E-state index contributed by atoms with van der Waals surface area (Å²) in [5, 5.41) is 8.65. The molecule has 0 aliphatic rings. The van der Waals surface area contributed by atoms with Crippen molar-refractivity contribution in [2.45, 2.75) is 19.5 Å². The first kappa shape index (κ1) is 13.5. The summed E-state index contributed by atoms with van der Waals surface area (Å²) in [6.07, 6.45) is -4.39. The first-order chi connectivity index (χ1) is 7.79. The fraction of sp³-hybridized carbons (Fsp3) is 0.556. The minimum absolute atomic E-state index is 0.00972. The molecule has 96 valence electrons. The lowest BCUT2D eigenvalue weighted by Crippen LogP contribution is -2.18. The quantitative estimate of drug-likeness (QED) is 0.810. The van der Waals surface area contributed by atoms with Crippen molar-refractivity contribution in [3.05, 3.63) is 17.3 Å². The van der Waals surface area contributed by atoms with Gasteiger partial charge in [-0.1, -0.05) is 0 Å². The predicted molar refractivity (Wildman–Crippen MR) is 48.8 cm³/mol. The number of hydrogen-bond donors (Lipinski definition) is 1. The third-order valence-electron chi connectivity index (χ3n) is 1.77. The lowest BCUT2D eigenvalue weighted by atomic mass is 10.4. The summed E-state index contributed by atoms with van der Waals surface area (Å²) in [4.78, 5) is 14.2. The fourth-order valence-corrected chi connectivity index (χ4v) is 1.10. The van der Waals surface area contributed by atoms with Gasteiger partial charge in [-0.25, -0.2) is 9.78 Å². The third-order valence-corrected chi connectivity index (χ3v) is 1.77. The van der Waals surface area contributed by atoms with Crippen molar-refractivity contribution in [3.8, 4) is 0 Å². The van der Waals surface area contributed by atoms with E-state index in [0.717, 1.165) is 0 Å². The van der Waals surface area contributed by atoms with Crippen LogP contribution in [0.4, 0.5) is 13.2 Å². The lowest BCUT2D eigenvalue weighted by molar-refractivity contribution is -0.173. The second-order valence-electron chi connectivity index (χ2n) is 3.24. The minimum atomic E-state index is -4.38. The monoisotopic (exact) mass is 253 g/mol.